The van der Waals surface area contributed by atoms with Crippen molar-refractivity contribution < 1.29 is 4.79 Å². The van der Waals surface area contributed by atoms with Crippen LogP contribution in [-0.4, -0.2) is 31.2 Å². The lowest BCUT2D eigenvalue weighted by molar-refractivity contribution is 0.229. The minimum atomic E-state index is -0.0634. The summed E-state index contributed by atoms with van der Waals surface area (Å²) in [6, 6.07) is 0.475. The molecule has 1 aliphatic rings. The Morgan fingerprint density at radius 1 is 1.55 bits per heavy atom. The van der Waals surface area contributed by atoms with E-state index in [2.05, 4.69) is 16.0 Å². The standard InChI is InChI=1S/C7H15N3O/c1-5(2)9-7(11)10-6-3-8-4-6/h5-6,8H,3-4H2,1-2H3,(H2,9,10,11). The normalized spacial score (nSPS) is 17.7. The third kappa shape index (κ3) is 2.76. The molecule has 1 saturated heterocycles. The van der Waals surface area contributed by atoms with Crippen LogP contribution in [0.25, 0.3) is 0 Å². The molecule has 0 aromatic carbocycles. The molecule has 0 saturated carbocycles. The number of nitrogens with one attached hydrogen (secondary N) is 3. The van der Waals surface area contributed by atoms with Crippen molar-refractivity contribution >= 4 is 6.03 Å². The van der Waals surface area contributed by atoms with Crippen LogP contribution in [0, 0.1) is 0 Å². The number of hydrogen-bond donors (Lipinski definition) is 3. The zero-order valence-corrected chi connectivity index (χ0v) is 6.98. The summed E-state index contributed by atoms with van der Waals surface area (Å²) in [4.78, 5) is 11.0. The lowest BCUT2D eigenvalue weighted by Gasteiger charge is -2.28. The van der Waals surface area contributed by atoms with Crippen LogP contribution in [0.5, 0.6) is 0 Å². The summed E-state index contributed by atoms with van der Waals surface area (Å²) in [7, 11) is 0. The minimum Gasteiger partial charge on any atom is -0.336 e. The van der Waals surface area contributed by atoms with Gasteiger partial charge in [-0.05, 0) is 13.8 Å². The number of carbonyl (C=O) groups is 1. The van der Waals surface area contributed by atoms with Crippen molar-refractivity contribution in [3.05, 3.63) is 0 Å². The predicted molar refractivity (Wildman–Crippen MR) is 43.5 cm³/mol. The fourth-order valence-electron chi connectivity index (χ4n) is 0.880. The van der Waals surface area contributed by atoms with Crippen LogP contribution in [0.4, 0.5) is 4.79 Å². The molecule has 1 fully saturated rings. The van der Waals surface area contributed by atoms with E-state index in [-0.39, 0.29) is 12.1 Å². The molecule has 11 heavy (non-hydrogen) atoms. The SMILES string of the molecule is CC(C)NC(=O)NC1CNC1. The summed E-state index contributed by atoms with van der Waals surface area (Å²) in [6.45, 7) is 5.67. The first kappa shape index (κ1) is 8.33. The van der Waals surface area contributed by atoms with Gasteiger partial charge in [0, 0.05) is 19.1 Å². The van der Waals surface area contributed by atoms with Crippen LogP contribution in [-0.2, 0) is 0 Å². The summed E-state index contributed by atoms with van der Waals surface area (Å²) in [6.07, 6.45) is 0. The lowest BCUT2D eigenvalue weighted by Crippen LogP contribution is -2.59. The monoisotopic (exact) mass is 157 g/mol. The largest absolute Gasteiger partial charge is 0.336 e. The smallest absolute Gasteiger partial charge is 0.315 e. The molecule has 0 aliphatic carbocycles. The maximum atomic E-state index is 11.0. The van der Waals surface area contributed by atoms with Crippen molar-refractivity contribution in [3.8, 4) is 0 Å². The van der Waals surface area contributed by atoms with Crippen molar-refractivity contribution in [1.82, 2.24) is 16.0 Å². The van der Waals surface area contributed by atoms with Crippen LogP contribution in [0.1, 0.15) is 13.8 Å². The van der Waals surface area contributed by atoms with Gasteiger partial charge in [0.25, 0.3) is 0 Å². The Hall–Kier alpha value is -0.770. The molecule has 0 aromatic heterocycles. The first-order chi connectivity index (χ1) is 5.18. The Labute approximate surface area is 66.7 Å². The van der Waals surface area contributed by atoms with Crippen LogP contribution in [0.15, 0.2) is 0 Å². The van der Waals surface area contributed by atoms with E-state index >= 15 is 0 Å². The van der Waals surface area contributed by atoms with Gasteiger partial charge in [0.15, 0.2) is 0 Å². The molecule has 4 heteroatoms. The van der Waals surface area contributed by atoms with E-state index in [0.29, 0.717) is 6.04 Å². The molecule has 2 amide bonds. The first-order valence-electron chi connectivity index (χ1n) is 3.96. The fourth-order valence-corrected chi connectivity index (χ4v) is 0.880. The molecule has 1 heterocycles. The van der Waals surface area contributed by atoms with E-state index in [1.807, 2.05) is 13.8 Å². The highest BCUT2D eigenvalue weighted by Gasteiger charge is 2.18. The first-order valence-corrected chi connectivity index (χ1v) is 3.96. The van der Waals surface area contributed by atoms with E-state index in [1.165, 1.54) is 0 Å². The highest BCUT2D eigenvalue weighted by atomic mass is 16.2. The molecule has 64 valence electrons. The lowest BCUT2D eigenvalue weighted by atomic mass is 10.2. The summed E-state index contributed by atoms with van der Waals surface area (Å²) in [5.74, 6) is 0. The van der Waals surface area contributed by atoms with Crippen LogP contribution >= 0.6 is 0 Å². The van der Waals surface area contributed by atoms with Crippen molar-refractivity contribution in [3.63, 3.8) is 0 Å². The number of rotatable bonds is 2. The quantitative estimate of drug-likeness (QED) is 0.514. The van der Waals surface area contributed by atoms with Crippen LogP contribution in [0.2, 0.25) is 0 Å². The van der Waals surface area contributed by atoms with E-state index < -0.39 is 0 Å². The van der Waals surface area contributed by atoms with Gasteiger partial charge < -0.3 is 16.0 Å². The molecule has 0 spiro atoms. The Bertz CT molecular complexity index is 143. The number of urea groups is 1. The molecule has 1 aliphatic heterocycles. The molecule has 0 atom stereocenters. The number of carbonyl (C=O) groups excluding carboxylic acids is 1. The molecule has 0 aromatic rings. The molecule has 4 nitrogen and oxygen atoms in total. The van der Waals surface area contributed by atoms with Crippen molar-refractivity contribution in [2.24, 2.45) is 0 Å². The zero-order valence-electron chi connectivity index (χ0n) is 6.98. The van der Waals surface area contributed by atoms with Crippen LogP contribution in [0.3, 0.4) is 0 Å². The van der Waals surface area contributed by atoms with Gasteiger partial charge in [-0.3, -0.25) is 0 Å². The van der Waals surface area contributed by atoms with Crippen molar-refractivity contribution in [1.29, 1.82) is 0 Å². The third-order valence-electron chi connectivity index (χ3n) is 1.54. The Morgan fingerprint density at radius 2 is 2.18 bits per heavy atom. The maximum Gasteiger partial charge on any atom is 0.315 e. The molecular weight excluding hydrogens is 142 g/mol. The van der Waals surface area contributed by atoms with E-state index in [1.54, 1.807) is 0 Å². The molecular formula is C7H15N3O. The van der Waals surface area contributed by atoms with Gasteiger partial charge in [-0.15, -0.1) is 0 Å². The van der Waals surface area contributed by atoms with Gasteiger partial charge in [0.1, 0.15) is 0 Å². The Kier molecular flexibility index (Phi) is 2.70. The predicted octanol–water partition coefficient (Wildman–Crippen LogP) is -0.334. The van der Waals surface area contributed by atoms with Gasteiger partial charge in [-0.25, -0.2) is 4.79 Å². The van der Waals surface area contributed by atoms with Crippen molar-refractivity contribution in [2.75, 3.05) is 13.1 Å². The van der Waals surface area contributed by atoms with Crippen molar-refractivity contribution in [2.45, 2.75) is 25.9 Å². The van der Waals surface area contributed by atoms with Gasteiger partial charge in [-0.1, -0.05) is 0 Å². The molecule has 1 rings (SSSR count). The average Bonchev–Trinajstić information content (AvgIpc) is 1.77. The highest BCUT2D eigenvalue weighted by Crippen LogP contribution is 1.89. The molecule has 0 unspecified atom stereocenters. The molecule has 3 N–H and O–H groups in total. The summed E-state index contributed by atoms with van der Waals surface area (Å²) >= 11 is 0. The van der Waals surface area contributed by atoms with E-state index in [9.17, 15) is 4.79 Å². The molecule has 0 radical (unpaired) electrons. The van der Waals surface area contributed by atoms with Gasteiger partial charge >= 0.3 is 6.03 Å². The second-order valence-corrected chi connectivity index (χ2v) is 3.13. The van der Waals surface area contributed by atoms with E-state index in [0.717, 1.165) is 13.1 Å². The zero-order chi connectivity index (χ0) is 8.27. The fraction of sp³-hybridized carbons (Fsp3) is 0.857. The third-order valence-corrected chi connectivity index (χ3v) is 1.54. The number of amides is 2. The highest BCUT2D eigenvalue weighted by molar-refractivity contribution is 5.74. The second kappa shape index (κ2) is 3.57. The Morgan fingerprint density at radius 3 is 2.55 bits per heavy atom. The van der Waals surface area contributed by atoms with Crippen LogP contribution < -0.4 is 16.0 Å². The molecule has 0 bridgehead atoms. The minimum absolute atomic E-state index is 0.0634. The summed E-state index contributed by atoms with van der Waals surface area (Å²) in [5, 5.41) is 8.68. The number of hydrogen-bond acceptors (Lipinski definition) is 2. The van der Waals surface area contributed by atoms with Gasteiger partial charge in [0.2, 0.25) is 0 Å². The average molecular weight is 157 g/mol. The topological polar surface area (TPSA) is 53.2 Å². The second-order valence-electron chi connectivity index (χ2n) is 3.13. The summed E-state index contributed by atoms with van der Waals surface area (Å²) in [5.41, 5.74) is 0. The van der Waals surface area contributed by atoms with Gasteiger partial charge in [-0.2, -0.15) is 0 Å². The van der Waals surface area contributed by atoms with Gasteiger partial charge in [0.05, 0.1) is 6.04 Å². The summed E-state index contributed by atoms with van der Waals surface area (Å²) < 4.78 is 0. The Balaban J connectivity index is 2.09. The van der Waals surface area contributed by atoms with E-state index in [4.69, 9.17) is 0 Å². The maximum absolute atomic E-state index is 11.0.